The van der Waals surface area contributed by atoms with Crippen LogP contribution in [0.1, 0.15) is 0 Å². The molecule has 0 radical (unpaired) electrons. The number of hydrogen-bond acceptors (Lipinski definition) is 4. The van der Waals surface area contributed by atoms with Crippen LogP contribution in [0.15, 0.2) is 0 Å². The van der Waals surface area contributed by atoms with E-state index in [1.165, 1.54) is 0 Å². The minimum atomic E-state index is -5.06. The van der Waals surface area contributed by atoms with Gasteiger partial charge in [0.25, 0.3) is 0 Å². The number of rotatable bonds is 4. The quantitative estimate of drug-likeness (QED) is 0.378. The van der Waals surface area contributed by atoms with E-state index in [0.717, 1.165) is 0 Å². The van der Waals surface area contributed by atoms with Gasteiger partial charge in [0.2, 0.25) is 0 Å². The summed E-state index contributed by atoms with van der Waals surface area (Å²) in [5.41, 5.74) is 0. The SMILES string of the molecule is O=[As](O)(O)OCC(O)CO. The first-order valence-electron chi connectivity index (χ1n) is 2.44. The van der Waals surface area contributed by atoms with Crippen LogP contribution in [0.25, 0.3) is 0 Å². The zero-order chi connectivity index (χ0) is 8.20. The normalized spacial score (nSPS) is 15.2. The van der Waals surface area contributed by atoms with E-state index in [0.29, 0.717) is 0 Å². The average Bonchev–Trinajstić information content (AvgIpc) is 1.81. The van der Waals surface area contributed by atoms with E-state index in [2.05, 4.69) is 3.73 Å². The molecule has 0 amide bonds. The van der Waals surface area contributed by atoms with E-state index < -0.39 is 33.8 Å². The summed E-state index contributed by atoms with van der Waals surface area (Å²) in [6.45, 7) is -1.12. The molecule has 1 unspecified atom stereocenters. The topological polar surface area (TPSA) is 107 Å². The molecule has 0 saturated heterocycles. The number of aliphatic hydroxyl groups is 2. The summed E-state index contributed by atoms with van der Waals surface area (Å²) in [4.78, 5) is 0. The monoisotopic (exact) mass is 216 g/mol. The maximum atomic E-state index is 9.99. The van der Waals surface area contributed by atoms with Gasteiger partial charge in [-0.15, -0.1) is 0 Å². The van der Waals surface area contributed by atoms with Gasteiger partial charge < -0.3 is 0 Å². The zero-order valence-corrected chi connectivity index (χ0v) is 6.92. The fourth-order valence-corrected chi connectivity index (χ4v) is 1.00. The van der Waals surface area contributed by atoms with Crippen molar-refractivity contribution in [3.8, 4) is 0 Å². The summed E-state index contributed by atoms with van der Waals surface area (Å²) < 4.78 is 30.1. The van der Waals surface area contributed by atoms with Gasteiger partial charge in [-0.05, 0) is 0 Å². The number of aliphatic hydroxyl groups excluding tert-OH is 2. The molecule has 0 aliphatic carbocycles. The van der Waals surface area contributed by atoms with Crippen molar-refractivity contribution in [2.24, 2.45) is 0 Å². The van der Waals surface area contributed by atoms with Crippen molar-refractivity contribution in [3.63, 3.8) is 0 Å². The molecule has 7 heteroatoms. The molecular formula is C3H9AsO6. The van der Waals surface area contributed by atoms with Gasteiger partial charge in [0, 0.05) is 0 Å². The molecule has 62 valence electrons. The first-order valence-corrected chi connectivity index (χ1v) is 5.66. The summed E-state index contributed by atoms with van der Waals surface area (Å²) in [6, 6.07) is 0. The van der Waals surface area contributed by atoms with Gasteiger partial charge in [0.1, 0.15) is 0 Å². The molecule has 0 saturated carbocycles. The van der Waals surface area contributed by atoms with Crippen LogP contribution < -0.4 is 0 Å². The van der Waals surface area contributed by atoms with Gasteiger partial charge >= 0.3 is 59.7 Å². The van der Waals surface area contributed by atoms with Gasteiger partial charge in [-0.3, -0.25) is 0 Å². The Morgan fingerprint density at radius 1 is 1.50 bits per heavy atom. The van der Waals surface area contributed by atoms with Crippen molar-refractivity contribution in [1.82, 2.24) is 0 Å². The van der Waals surface area contributed by atoms with Crippen LogP contribution in [-0.4, -0.2) is 52.2 Å². The fourth-order valence-electron chi connectivity index (χ4n) is 0.236. The molecule has 0 heterocycles. The van der Waals surface area contributed by atoms with Crippen LogP contribution >= 0.6 is 0 Å². The minimum absolute atomic E-state index is 0.542. The van der Waals surface area contributed by atoms with E-state index in [1.807, 2.05) is 0 Å². The third-order valence-corrected chi connectivity index (χ3v) is 1.66. The first-order chi connectivity index (χ1) is 4.45. The van der Waals surface area contributed by atoms with Gasteiger partial charge in [-0.1, -0.05) is 0 Å². The summed E-state index contributed by atoms with van der Waals surface area (Å²) in [5.74, 6) is 0. The van der Waals surface area contributed by atoms with Crippen molar-refractivity contribution in [3.05, 3.63) is 0 Å². The van der Waals surface area contributed by atoms with E-state index in [9.17, 15) is 3.74 Å². The predicted molar refractivity (Wildman–Crippen MR) is 29.9 cm³/mol. The molecule has 1 atom stereocenters. The van der Waals surface area contributed by atoms with Crippen LogP contribution in [0.4, 0.5) is 0 Å². The van der Waals surface area contributed by atoms with Crippen molar-refractivity contribution in [2.45, 2.75) is 6.10 Å². The Balaban J connectivity index is 3.46. The Labute approximate surface area is 60.4 Å². The fraction of sp³-hybridized carbons (Fsp3) is 1.00. The molecule has 4 N–H and O–H groups in total. The molecule has 0 aromatic carbocycles. The van der Waals surface area contributed by atoms with Gasteiger partial charge in [0.05, 0.1) is 0 Å². The second-order valence-corrected chi connectivity index (χ2v) is 4.22. The maximum absolute atomic E-state index is 9.99. The van der Waals surface area contributed by atoms with Gasteiger partial charge in [-0.2, -0.15) is 0 Å². The van der Waals surface area contributed by atoms with Crippen LogP contribution in [0.3, 0.4) is 0 Å². The third-order valence-electron chi connectivity index (χ3n) is 0.646. The van der Waals surface area contributed by atoms with Crippen LogP contribution in [-0.2, 0) is 7.47 Å². The Hall–Kier alpha value is 0.158. The second-order valence-electron chi connectivity index (χ2n) is 1.62. The molecule has 0 spiro atoms. The molecule has 10 heavy (non-hydrogen) atoms. The van der Waals surface area contributed by atoms with Gasteiger partial charge in [-0.25, -0.2) is 0 Å². The summed E-state index contributed by atoms with van der Waals surface area (Å²) in [7, 11) is 0. The number of hydrogen-bond donors (Lipinski definition) is 4. The molecule has 0 aliphatic heterocycles. The van der Waals surface area contributed by atoms with Crippen LogP contribution in [0, 0.1) is 0 Å². The van der Waals surface area contributed by atoms with Crippen LogP contribution in [0.5, 0.6) is 0 Å². The van der Waals surface area contributed by atoms with E-state index in [4.69, 9.17) is 18.4 Å². The summed E-state index contributed by atoms with van der Waals surface area (Å²) in [5, 5.41) is 16.7. The van der Waals surface area contributed by atoms with E-state index in [1.54, 1.807) is 0 Å². The van der Waals surface area contributed by atoms with Crippen molar-refractivity contribution in [2.75, 3.05) is 13.2 Å². The molecule has 0 fully saturated rings. The first kappa shape index (κ1) is 10.2. The Bertz CT molecular complexity index is 129. The Morgan fingerprint density at radius 3 is 2.30 bits per heavy atom. The van der Waals surface area contributed by atoms with Crippen molar-refractivity contribution >= 4 is 14.5 Å². The molecule has 0 rings (SSSR count). The average molecular weight is 216 g/mol. The Morgan fingerprint density at radius 2 is 2.00 bits per heavy atom. The summed E-state index contributed by atoms with van der Waals surface area (Å²) in [6.07, 6.45) is -1.23. The molecule has 0 aromatic heterocycles. The van der Waals surface area contributed by atoms with E-state index in [-0.39, 0.29) is 0 Å². The van der Waals surface area contributed by atoms with Crippen molar-refractivity contribution < 1.29 is 25.9 Å². The third kappa shape index (κ3) is 6.28. The zero-order valence-electron chi connectivity index (χ0n) is 5.04. The van der Waals surface area contributed by atoms with Crippen LogP contribution in [0.2, 0.25) is 0 Å². The molecule has 6 nitrogen and oxygen atoms in total. The predicted octanol–water partition coefficient (Wildman–Crippen LogP) is -2.79. The standard InChI is InChI=1S/C3H9AsO6/c5-1-3(6)2-10-4(7,8)9/h3,5-6H,1-2H2,(H2,7,8,9). The Kier molecular flexibility index (Phi) is 4.19. The summed E-state index contributed by atoms with van der Waals surface area (Å²) >= 11 is -5.06. The van der Waals surface area contributed by atoms with Gasteiger partial charge in [0.15, 0.2) is 0 Å². The molecule has 0 aliphatic rings. The molecule has 0 aromatic rings. The second kappa shape index (κ2) is 4.12. The van der Waals surface area contributed by atoms with Crippen molar-refractivity contribution in [1.29, 1.82) is 0 Å². The molecule has 0 bridgehead atoms. The van der Waals surface area contributed by atoms with E-state index >= 15 is 0 Å². The molecular weight excluding hydrogens is 207 g/mol.